The molecule has 1 aromatic carbocycles. The topological polar surface area (TPSA) is 142 Å². The van der Waals surface area contributed by atoms with Gasteiger partial charge < -0.3 is 10.4 Å². The molecule has 3 N–H and O–H groups in total. The Balaban J connectivity index is 2.54. The molecular formula is C10H6Cl2N4O5S. The number of carboxylic acid groups (broad SMARTS) is 1. The van der Waals surface area contributed by atoms with E-state index < -0.39 is 21.0 Å². The fraction of sp³-hybridized carbons (Fsp3) is 0. The van der Waals surface area contributed by atoms with Gasteiger partial charge in [-0.2, -0.15) is 23.4 Å². The summed E-state index contributed by atoms with van der Waals surface area (Å²) in [6, 6.07) is 2.85. The Morgan fingerprint density at radius 2 is 1.73 bits per heavy atom. The van der Waals surface area contributed by atoms with E-state index in [2.05, 4.69) is 20.3 Å². The minimum Gasteiger partial charge on any atom is -0.478 e. The Morgan fingerprint density at radius 3 is 2.23 bits per heavy atom. The number of anilines is 2. The van der Waals surface area contributed by atoms with Crippen LogP contribution in [0, 0.1) is 0 Å². The van der Waals surface area contributed by atoms with Crippen LogP contribution >= 0.6 is 23.2 Å². The normalized spacial score (nSPS) is 11.2. The van der Waals surface area contributed by atoms with E-state index >= 15 is 0 Å². The van der Waals surface area contributed by atoms with E-state index in [4.69, 9.17) is 32.9 Å². The quantitative estimate of drug-likeness (QED) is 0.692. The predicted octanol–water partition coefficient (Wildman–Crippen LogP) is 1.87. The highest BCUT2D eigenvalue weighted by Gasteiger charge is 2.17. The fourth-order valence-corrected chi connectivity index (χ4v) is 2.35. The van der Waals surface area contributed by atoms with Gasteiger partial charge in [-0.05, 0) is 41.4 Å². The van der Waals surface area contributed by atoms with Crippen LogP contribution in [0.25, 0.3) is 0 Å². The van der Waals surface area contributed by atoms with Gasteiger partial charge in [-0.15, -0.1) is 0 Å². The first-order valence-electron chi connectivity index (χ1n) is 5.36. The second-order valence-corrected chi connectivity index (χ2v) is 5.91. The minimum atomic E-state index is -4.51. The zero-order chi connectivity index (χ0) is 16.5. The van der Waals surface area contributed by atoms with Gasteiger partial charge in [-0.1, -0.05) is 0 Å². The Kier molecular flexibility index (Phi) is 4.47. The van der Waals surface area contributed by atoms with E-state index in [1.807, 2.05) is 0 Å². The number of nitrogens with one attached hydrogen (secondary N) is 1. The highest BCUT2D eigenvalue weighted by molar-refractivity contribution is 7.85. The second kappa shape index (κ2) is 6.01. The third-order valence-electron chi connectivity index (χ3n) is 2.35. The molecule has 0 saturated carbocycles. The Hall–Kier alpha value is -2.01. The lowest BCUT2D eigenvalue weighted by Gasteiger charge is -2.09. The first-order chi connectivity index (χ1) is 10.2. The molecule has 1 aromatic heterocycles. The van der Waals surface area contributed by atoms with Crippen molar-refractivity contribution in [2.45, 2.75) is 4.90 Å². The van der Waals surface area contributed by atoms with Crippen LogP contribution in [-0.2, 0) is 10.1 Å². The predicted molar refractivity (Wildman–Crippen MR) is 76.3 cm³/mol. The molecule has 0 radical (unpaired) electrons. The van der Waals surface area contributed by atoms with Gasteiger partial charge in [0.25, 0.3) is 10.1 Å². The number of carboxylic acids is 1. The first-order valence-corrected chi connectivity index (χ1v) is 7.55. The molecule has 0 bridgehead atoms. The first kappa shape index (κ1) is 16.4. The fourth-order valence-electron chi connectivity index (χ4n) is 1.48. The molecule has 0 spiro atoms. The van der Waals surface area contributed by atoms with Gasteiger partial charge in [0.2, 0.25) is 16.5 Å². The van der Waals surface area contributed by atoms with Gasteiger partial charge >= 0.3 is 5.97 Å². The van der Waals surface area contributed by atoms with Crippen LogP contribution in [0.5, 0.6) is 0 Å². The number of hydrogen-bond donors (Lipinski definition) is 3. The van der Waals surface area contributed by atoms with Crippen molar-refractivity contribution in [2.24, 2.45) is 0 Å². The highest BCUT2D eigenvalue weighted by atomic mass is 35.5. The average molecular weight is 365 g/mol. The summed E-state index contributed by atoms with van der Waals surface area (Å²) in [7, 11) is -4.51. The number of benzene rings is 1. The SMILES string of the molecule is O=C(O)c1ccc(S(=O)(=O)O)cc1Nc1nc(Cl)nc(Cl)n1. The third kappa shape index (κ3) is 3.80. The summed E-state index contributed by atoms with van der Waals surface area (Å²) in [5.41, 5.74) is -0.457. The molecule has 0 atom stereocenters. The third-order valence-corrected chi connectivity index (χ3v) is 3.53. The van der Waals surface area contributed by atoms with Crippen molar-refractivity contribution < 1.29 is 22.9 Å². The summed E-state index contributed by atoms with van der Waals surface area (Å²) in [4.78, 5) is 21.5. The van der Waals surface area contributed by atoms with Crippen LogP contribution in [0.2, 0.25) is 10.6 Å². The van der Waals surface area contributed by atoms with Crippen molar-refractivity contribution in [3.8, 4) is 0 Å². The van der Waals surface area contributed by atoms with Crippen LogP contribution in [-0.4, -0.2) is 39.0 Å². The Labute approximate surface area is 133 Å². The van der Waals surface area contributed by atoms with Gasteiger partial charge in [-0.3, -0.25) is 4.55 Å². The molecule has 0 saturated heterocycles. The van der Waals surface area contributed by atoms with Gasteiger partial charge in [-0.25, -0.2) is 4.79 Å². The molecule has 116 valence electrons. The maximum absolute atomic E-state index is 11.1. The van der Waals surface area contributed by atoms with Crippen molar-refractivity contribution in [2.75, 3.05) is 5.32 Å². The molecule has 2 aromatic rings. The summed E-state index contributed by atoms with van der Waals surface area (Å²) in [6.45, 7) is 0. The van der Waals surface area contributed by atoms with Crippen LogP contribution in [0.1, 0.15) is 10.4 Å². The lowest BCUT2D eigenvalue weighted by atomic mass is 10.2. The average Bonchev–Trinajstić information content (AvgIpc) is 2.35. The number of aromatic nitrogens is 3. The van der Waals surface area contributed by atoms with Crippen molar-refractivity contribution >= 4 is 50.9 Å². The maximum Gasteiger partial charge on any atom is 0.337 e. The summed E-state index contributed by atoms with van der Waals surface area (Å²) in [5.74, 6) is -1.53. The molecule has 0 aliphatic rings. The molecule has 2 rings (SSSR count). The van der Waals surface area contributed by atoms with Gasteiger partial charge in [0.1, 0.15) is 0 Å². The zero-order valence-corrected chi connectivity index (χ0v) is 12.7. The summed E-state index contributed by atoms with van der Waals surface area (Å²) >= 11 is 11.2. The summed E-state index contributed by atoms with van der Waals surface area (Å²) in [6.07, 6.45) is 0. The van der Waals surface area contributed by atoms with Crippen LogP contribution in [0.3, 0.4) is 0 Å². The largest absolute Gasteiger partial charge is 0.478 e. The molecule has 0 amide bonds. The van der Waals surface area contributed by atoms with Gasteiger partial charge in [0.15, 0.2) is 0 Å². The Bertz CT molecular complexity index is 838. The van der Waals surface area contributed by atoms with E-state index in [1.54, 1.807) is 0 Å². The molecular weight excluding hydrogens is 359 g/mol. The van der Waals surface area contributed by atoms with E-state index in [-0.39, 0.29) is 27.8 Å². The van der Waals surface area contributed by atoms with Gasteiger partial charge in [0.05, 0.1) is 16.1 Å². The van der Waals surface area contributed by atoms with Crippen molar-refractivity contribution in [1.82, 2.24) is 15.0 Å². The van der Waals surface area contributed by atoms with Crippen LogP contribution in [0.4, 0.5) is 11.6 Å². The molecule has 0 unspecified atom stereocenters. The summed E-state index contributed by atoms with van der Waals surface area (Å²) < 4.78 is 31.3. The van der Waals surface area contributed by atoms with Gasteiger partial charge in [0, 0.05) is 0 Å². The number of aromatic carboxylic acids is 1. The number of halogens is 2. The van der Waals surface area contributed by atoms with Crippen LogP contribution < -0.4 is 5.32 Å². The maximum atomic E-state index is 11.1. The molecule has 12 heteroatoms. The monoisotopic (exact) mass is 364 g/mol. The number of rotatable bonds is 4. The zero-order valence-electron chi connectivity index (χ0n) is 10.4. The molecule has 0 aliphatic heterocycles. The number of hydrogen-bond acceptors (Lipinski definition) is 7. The van der Waals surface area contributed by atoms with Crippen molar-refractivity contribution in [3.63, 3.8) is 0 Å². The molecule has 1 heterocycles. The van der Waals surface area contributed by atoms with E-state index in [0.29, 0.717) is 0 Å². The van der Waals surface area contributed by atoms with Crippen molar-refractivity contribution in [1.29, 1.82) is 0 Å². The molecule has 22 heavy (non-hydrogen) atoms. The van der Waals surface area contributed by atoms with E-state index in [0.717, 1.165) is 18.2 Å². The Morgan fingerprint density at radius 1 is 1.14 bits per heavy atom. The van der Waals surface area contributed by atoms with Crippen LogP contribution in [0.15, 0.2) is 23.1 Å². The smallest absolute Gasteiger partial charge is 0.337 e. The molecule has 9 nitrogen and oxygen atoms in total. The number of nitrogens with zero attached hydrogens (tertiary/aromatic N) is 3. The second-order valence-electron chi connectivity index (χ2n) is 3.81. The molecule has 0 aliphatic carbocycles. The highest BCUT2D eigenvalue weighted by Crippen LogP contribution is 2.24. The van der Waals surface area contributed by atoms with E-state index in [9.17, 15) is 13.2 Å². The summed E-state index contributed by atoms with van der Waals surface area (Å²) in [5, 5.41) is 11.1. The molecule has 0 fully saturated rings. The lowest BCUT2D eigenvalue weighted by molar-refractivity contribution is 0.0698. The minimum absolute atomic E-state index is 0.180. The van der Waals surface area contributed by atoms with E-state index in [1.165, 1.54) is 0 Å². The van der Waals surface area contributed by atoms with Crippen molar-refractivity contribution in [3.05, 3.63) is 34.3 Å². The lowest BCUT2D eigenvalue weighted by Crippen LogP contribution is -2.08. The number of carbonyl (C=O) groups is 1. The standard InChI is InChI=1S/C10H6Cl2N4O5S/c11-8-14-9(12)16-10(15-8)13-6-3-4(22(19,20)21)1-2-5(6)7(17)18/h1-3H,(H,17,18)(H,19,20,21)(H,13,14,15,16).